The zero-order valence-electron chi connectivity index (χ0n) is 10.3. The van der Waals surface area contributed by atoms with Crippen molar-refractivity contribution in [2.45, 2.75) is 6.18 Å². The van der Waals surface area contributed by atoms with E-state index in [0.29, 0.717) is 32.2 Å². The standard InChI is InChI=1S/C12H12F4N2O.ClH/c13-8-1-2-9(10(7-8)12(14,15)16)11(19)18-5-3-17-4-6-18;/h1-2,7,17H,3-6H2;1H. The Morgan fingerprint density at radius 3 is 2.35 bits per heavy atom. The Labute approximate surface area is 119 Å². The Morgan fingerprint density at radius 1 is 1.20 bits per heavy atom. The Hall–Kier alpha value is -1.34. The van der Waals surface area contributed by atoms with Crippen molar-refractivity contribution < 1.29 is 22.4 Å². The molecule has 1 aromatic carbocycles. The molecule has 2 rings (SSSR count). The zero-order chi connectivity index (χ0) is 14.0. The lowest BCUT2D eigenvalue weighted by Crippen LogP contribution is -2.46. The minimum absolute atomic E-state index is 0. The number of carbonyl (C=O) groups excluding carboxylic acids is 1. The van der Waals surface area contributed by atoms with Crippen molar-refractivity contribution in [2.75, 3.05) is 26.2 Å². The van der Waals surface area contributed by atoms with E-state index in [1.807, 2.05) is 0 Å². The highest BCUT2D eigenvalue weighted by molar-refractivity contribution is 5.96. The first-order valence-corrected chi connectivity index (χ1v) is 5.76. The van der Waals surface area contributed by atoms with Crippen molar-refractivity contribution in [2.24, 2.45) is 0 Å². The van der Waals surface area contributed by atoms with E-state index in [9.17, 15) is 22.4 Å². The van der Waals surface area contributed by atoms with Gasteiger partial charge in [0.05, 0.1) is 11.1 Å². The molecule has 0 aliphatic carbocycles. The van der Waals surface area contributed by atoms with Crippen molar-refractivity contribution in [3.63, 3.8) is 0 Å². The first-order valence-electron chi connectivity index (χ1n) is 5.76. The van der Waals surface area contributed by atoms with Crippen molar-refractivity contribution in [3.05, 3.63) is 35.1 Å². The number of nitrogens with one attached hydrogen (secondary N) is 1. The van der Waals surface area contributed by atoms with Crippen LogP contribution in [0.2, 0.25) is 0 Å². The second-order valence-corrected chi connectivity index (χ2v) is 4.23. The monoisotopic (exact) mass is 312 g/mol. The van der Waals surface area contributed by atoms with Crippen molar-refractivity contribution >= 4 is 18.3 Å². The number of halogens is 5. The average Bonchev–Trinajstić information content (AvgIpc) is 2.38. The molecule has 1 fully saturated rings. The maximum absolute atomic E-state index is 12.9. The van der Waals surface area contributed by atoms with Gasteiger partial charge in [0.15, 0.2) is 0 Å². The molecule has 0 unspecified atom stereocenters. The first kappa shape index (κ1) is 16.7. The van der Waals surface area contributed by atoms with Crippen LogP contribution in [-0.4, -0.2) is 37.0 Å². The number of piperazine rings is 1. The highest BCUT2D eigenvalue weighted by Crippen LogP contribution is 2.33. The number of carbonyl (C=O) groups is 1. The molecule has 8 heteroatoms. The van der Waals surface area contributed by atoms with E-state index in [1.54, 1.807) is 0 Å². The van der Waals surface area contributed by atoms with Gasteiger partial charge in [0.25, 0.3) is 5.91 Å². The number of rotatable bonds is 1. The maximum atomic E-state index is 12.9. The predicted octanol–water partition coefficient (Wildman–Crippen LogP) is 2.31. The molecule has 20 heavy (non-hydrogen) atoms. The van der Waals surface area contributed by atoms with Crippen LogP contribution < -0.4 is 5.32 Å². The summed E-state index contributed by atoms with van der Waals surface area (Å²) >= 11 is 0. The Balaban J connectivity index is 0.00000200. The van der Waals surface area contributed by atoms with Gasteiger partial charge in [0.1, 0.15) is 5.82 Å². The molecule has 112 valence electrons. The minimum Gasteiger partial charge on any atom is -0.336 e. The van der Waals surface area contributed by atoms with Crippen molar-refractivity contribution in [1.29, 1.82) is 0 Å². The van der Waals surface area contributed by atoms with E-state index in [-0.39, 0.29) is 12.4 Å². The molecule has 0 bridgehead atoms. The quantitative estimate of drug-likeness (QED) is 0.807. The molecule has 1 aromatic rings. The summed E-state index contributed by atoms with van der Waals surface area (Å²) in [6, 6.07) is 2.11. The summed E-state index contributed by atoms with van der Waals surface area (Å²) in [5.74, 6) is -1.72. The average molecular weight is 313 g/mol. The minimum atomic E-state index is -4.75. The Morgan fingerprint density at radius 2 is 1.80 bits per heavy atom. The smallest absolute Gasteiger partial charge is 0.336 e. The maximum Gasteiger partial charge on any atom is 0.417 e. The molecule has 1 aliphatic rings. The number of benzene rings is 1. The Bertz CT molecular complexity index is 487. The van der Waals surface area contributed by atoms with E-state index in [4.69, 9.17) is 0 Å². The third-order valence-corrected chi connectivity index (χ3v) is 2.92. The highest BCUT2D eigenvalue weighted by atomic mass is 35.5. The van der Waals surface area contributed by atoms with Crippen molar-refractivity contribution in [3.8, 4) is 0 Å². The van der Waals surface area contributed by atoms with Gasteiger partial charge in [-0.2, -0.15) is 13.2 Å². The molecular formula is C12H13ClF4N2O. The topological polar surface area (TPSA) is 32.3 Å². The molecule has 0 radical (unpaired) electrons. The van der Waals surface area contributed by atoms with E-state index >= 15 is 0 Å². The van der Waals surface area contributed by atoms with Gasteiger partial charge in [-0.15, -0.1) is 12.4 Å². The summed E-state index contributed by atoms with van der Waals surface area (Å²) in [5.41, 5.74) is -1.73. The molecule has 1 N–H and O–H groups in total. The molecule has 3 nitrogen and oxygen atoms in total. The van der Waals surface area contributed by atoms with Crippen LogP contribution in [0.25, 0.3) is 0 Å². The van der Waals surface area contributed by atoms with E-state index in [2.05, 4.69) is 5.32 Å². The van der Waals surface area contributed by atoms with Crippen LogP contribution in [0, 0.1) is 5.82 Å². The van der Waals surface area contributed by atoms with Gasteiger partial charge < -0.3 is 10.2 Å². The molecule has 0 spiro atoms. The van der Waals surface area contributed by atoms with Crippen LogP contribution in [0.15, 0.2) is 18.2 Å². The fourth-order valence-corrected chi connectivity index (χ4v) is 1.98. The van der Waals surface area contributed by atoms with Gasteiger partial charge in [0, 0.05) is 26.2 Å². The largest absolute Gasteiger partial charge is 0.417 e. The molecule has 0 saturated carbocycles. The van der Waals surface area contributed by atoms with Crippen LogP contribution in [0.4, 0.5) is 17.6 Å². The summed E-state index contributed by atoms with van der Waals surface area (Å²) < 4.78 is 51.4. The molecule has 0 atom stereocenters. The normalized spacial score (nSPS) is 15.7. The predicted molar refractivity (Wildman–Crippen MR) is 67.4 cm³/mol. The van der Waals surface area contributed by atoms with Crippen LogP contribution in [-0.2, 0) is 6.18 Å². The van der Waals surface area contributed by atoms with Gasteiger partial charge in [-0.25, -0.2) is 4.39 Å². The highest BCUT2D eigenvalue weighted by Gasteiger charge is 2.36. The van der Waals surface area contributed by atoms with Crippen LogP contribution in [0.3, 0.4) is 0 Å². The lowest BCUT2D eigenvalue weighted by atomic mass is 10.1. The third-order valence-electron chi connectivity index (χ3n) is 2.92. The van der Waals surface area contributed by atoms with Crippen LogP contribution in [0.5, 0.6) is 0 Å². The fraction of sp³-hybridized carbons (Fsp3) is 0.417. The molecule has 1 saturated heterocycles. The summed E-state index contributed by atoms with van der Waals surface area (Å²) in [6.45, 7) is 1.75. The van der Waals surface area contributed by atoms with Gasteiger partial charge in [-0.05, 0) is 18.2 Å². The first-order chi connectivity index (χ1) is 8.89. The summed E-state index contributed by atoms with van der Waals surface area (Å²) in [7, 11) is 0. The van der Waals surface area contributed by atoms with Crippen molar-refractivity contribution in [1.82, 2.24) is 10.2 Å². The lowest BCUT2D eigenvalue weighted by molar-refractivity contribution is -0.138. The van der Waals surface area contributed by atoms with E-state index < -0.39 is 29.0 Å². The SMILES string of the molecule is Cl.O=C(c1ccc(F)cc1C(F)(F)F)N1CCNCC1. The van der Waals surface area contributed by atoms with Gasteiger partial charge in [0.2, 0.25) is 0 Å². The second-order valence-electron chi connectivity index (χ2n) is 4.23. The molecule has 1 aliphatic heterocycles. The number of nitrogens with zero attached hydrogens (tertiary/aromatic N) is 1. The number of hydrogen-bond donors (Lipinski definition) is 1. The molecule has 0 aromatic heterocycles. The van der Waals surface area contributed by atoms with Gasteiger partial charge >= 0.3 is 6.18 Å². The van der Waals surface area contributed by atoms with Crippen LogP contribution >= 0.6 is 12.4 Å². The Kier molecular flexibility index (Phi) is 5.35. The van der Waals surface area contributed by atoms with E-state index in [0.717, 1.165) is 12.1 Å². The second kappa shape index (κ2) is 6.41. The van der Waals surface area contributed by atoms with Gasteiger partial charge in [-0.1, -0.05) is 0 Å². The van der Waals surface area contributed by atoms with Crippen LogP contribution in [0.1, 0.15) is 15.9 Å². The number of hydrogen-bond acceptors (Lipinski definition) is 2. The summed E-state index contributed by atoms with van der Waals surface area (Å²) in [4.78, 5) is 13.4. The number of amides is 1. The molecular weight excluding hydrogens is 300 g/mol. The summed E-state index contributed by atoms with van der Waals surface area (Å²) in [5, 5.41) is 3.00. The fourth-order valence-electron chi connectivity index (χ4n) is 1.98. The lowest BCUT2D eigenvalue weighted by Gasteiger charge is -2.28. The number of alkyl halides is 3. The van der Waals surface area contributed by atoms with E-state index in [1.165, 1.54) is 4.90 Å². The summed E-state index contributed by atoms with van der Waals surface area (Å²) in [6.07, 6.45) is -4.75. The molecule has 1 heterocycles. The third kappa shape index (κ3) is 3.61. The van der Waals surface area contributed by atoms with Gasteiger partial charge in [-0.3, -0.25) is 4.79 Å². The molecule has 1 amide bonds. The zero-order valence-corrected chi connectivity index (χ0v) is 11.2.